The third-order valence-electron chi connectivity index (χ3n) is 3.61. The first-order valence-electron chi connectivity index (χ1n) is 6.64. The van der Waals surface area contributed by atoms with Crippen molar-refractivity contribution >= 4 is 9.84 Å². The van der Waals surface area contributed by atoms with E-state index in [0.29, 0.717) is 19.1 Å². The molecule has 0 aromatic carbocycles. The Morgan fingerprint density at radius 2 is 1.82 bits per heavy atom. The maximum atomic E-state index is 11.5. The van der Waals surface area contributed by atoms with E-state index < -0.39 is 9.84 Å². The largest absolute Gasteiger partial charge is 0.395 e. The Balaban J connectivity index is 2.47. The molecule has 102 valence electrons. The summed E-state index contributed by atoms with van der Waals surface area (Å²) < 4.78 is 23.0. The molecule has 1 fully saturated rings. The topological polar surface area (TPSA) is 57.6 Å². The molecule has 0 aromatic heterocycles. The van der Waals surface area contributed by atoms with Crippen molar-refractivity contribution in [2.75, 3.05) is 31.2 Å². The van der Waals surface area contributed by atoms with Crippen LogP contribution in [0.3, 0.4) is 0 Å². The molecule has 0 atom stereocenters. The highest BCUT2D eigenvalue weighted by Gasteiger charge is 2.21. The molecule has 1 aliphatic rings. The van der Waals surface area contributed by atoms with E-state index >= 15 is 0 Å². The number of rotatable bonds is 7. The summed E-state index contributed by atoms with van der Waals surface area (Å²) in [5, 5.41) is 9.06. The minimum absolute atomic E-state index is 0.114. The molecule has 0 spiro atoms. The van der Waals surface area contributed by atoms with E-state index in [0.717, 1.165) is 12.8 Å². The van der Waals surface area contributed by atoms with Crippen molar-refractivity contribution in [3.63, 3.8) is 0 Å². The summed E-state index contributed by atoms with van der Waals surface area (Å²) in [4.78, 5) is 2.16. The number of nitrogens with zero attached hydrogens (tertiary/aromatic N) is 1. The van der Waals surface area contributed by atoms with Crippen molar-refractivity contribution in [2.45, 2.75) is 45.1 Å². The molecule has 1 saturated carbocycles. The second-order valence-electron chi connectivity index (χ2n) is 4.79. The maximum absolute atomic E-state index is 11.5. The van der Waals surface area contributed by atoms with Gasteiger partial charge in [-0.15, -0.1) is 0 Å². The number of sulfone groups is 1. The normalized spacial score (nSPS) is 18.8. The summed E-state index contributed by atoms with van der Waals surface area (Å²) in [6, 6.07) is 0.475. The van der Waals surface area contributed by atoms with Gasteiger partial charge < -0.3 is 5.11 Å². The van der Waals surface area contributed by atoms with E-state index in [1.807, 2.05) is 0 Å². The van der Waals surface area contributed by atoms with Gasteiger partial charge >= 0.3 is 0 Å². The van der Waals surface area contributed by atoms with Crippen LogP contribution in [0.25, 0.3) is 0 Å². The standard InChI is InChI=1S/C12H25NO3S/c1-2-17(15,16)11-9-13(8-10-14)12-6-4-3-5-7-12/h12,14H,2-11H2,1H3. The fraction of sp³-hybridized carbons (Fsp3) is 1.00. The average Bonchev–Trinajstić information content (AvgIpc) is 2.35. The van der Waals surface area contributed by atoms with E-state index in [9.17, 15) is 8.42 Å². The van der Waals surface area contributed by atoms with Crippen LogP contribution in [0.15, 0.2) is 0 Å². The van der Waals surface area contributed by atoms with E-state index in [1.165, 1.54) is 19.3 Å². The van der Waals surface area contributed by atoms with Gasteiger partial charge in [0.1, 0.15) is 0 Å². The minimum Gasteiger partial charge on any atom is -0.395 e. The van der Waals surface area contributed by atoms with Crippen LogP contribution in [-0.2, 0) is 9.84 Å². The molecule has 0 bridgehead atoms. The molecule has 0 heterocycles. The molecular weight excluding hydrogens is 238 g/mol. The molecule has 0 radical (unpaired) electrons. The second kappa shape index (κ2) is 7.34. The van der Waals surface area contributed by atoms with Crippen molar-refractivity contribution in [2.24, 2.45) is 0 Å². The molecule has 0 amide bonds. The third-order valence-corrected chi connectivity index (χ3v) is 5.29. The Morgan fingerprint density at radius 1 is 1.18 bits per heavy atom. The molecular formula is C12H25NO3S. The molecule has 5 heteroatoms. The highest BCUT2D eigenvalue weighted by atomic mass is 32.2. The molecule has 4 nitrogen and oxygen atoms in total. The molecule has 17 heavy (non-hydrogen) atoms. The zero-order valence-corrected chi connectivity index (χ0v) is 11.6. The van der Waals surface area contributed by atoms with Gasteiger partial charge in [-0.25, -0.2) is 8.42 Å². The van der Waals surface area contributed by atoms with Crippen LogP contribution in [0, 0.1) is 0 Å². The Labute approximate surface area is 105 Å². The lowest BCUT2D eigenvalue weighted by atomic mass is 9.94. The zero-order valence-electron chi connectivity index (χ0n) is 10.8. The van der Waals surface area contributed by atoms with Gasteiger partial charge in [0.2, 0.25) is 0 Å². The van der Waals surface area contributed by atoms with Crippen LogP contribution < -0.4 is 0 Å². The summed E-state index contributed by atoms with van der Waals surface area (Å²) in [5.41, 5.74) is 0. The van der Waals surface area contributed by atoms with Crippen LogP contribution in [0.1, 0.15) is 39.0 Å². The molecule has 0 aromatic rings. The van der Waals surface area contributed by atoms with E-state index in [4.69, 9.17) is 5.11 Å². The van der Waals surface area contributed by atoms with Crippen molar-refractivity contribution < 1.29 is 13.5 Å². The van der Waals surface area contributed by atoms with Gasteiger partial charge in [-0.05, 0) is 12.8 Å². The summed E-state index contributed by atoms with van der Waals surface area (Å²) in [6.07, 6.45) is 6.04. The Bertz CT molecular complexity index is 297. The first-order valence-corrected chi connectivity index (χ1v) is 8.46. The molecule has 1 rings (SSSR count). The monoisotopic (exact) mass is 263 g/mol. The van der Waals surface area contributed by atoms with Crippen LogP contribution in [-0.4, -0.2) is 55.7 Å². The SMILES string of the molecule is CCS(=O)(=O)CCN(CCO)C1CCCCC1. The zero-order chi connectivity index (χ0) is 12.7. The van der Waals surface area contributed by atoms with Gasteiger partial charge in [0.05, 0.1) is 12.4 Å². The van der Waals surface area contributed by atoms with Gasteiger partial charge in [-0.2, -0.15) is 0 Å². The molecule has 1 N–H and O–H groups in total. The first kappa shape index (κ1) is 14.9. The van der Waals surface area contributed by atoms with E-state index in [1.54, 1.807) is 6.92 Å². The summed E-state index contributed by atoms with van der Waals surface area (Å²) in [6.45, 7) is 2.97. The van der Waals surface area contributed by atoms with Crippen LogP contribution in [0.4, 0.5) is 0 Å². The second-order valence-corrected chi connectivity index (χ2v) is 7.26. The van der Waals surface area contributed by atoms with Gasteiger partial charge in [0, 0.05) is 24.9 Å². The van der Waals surface area contributed by atoms with Gasteiger partial charge in [0.15, 0.2) is 9.84 Å². The number of aliphatic hydroxyl groups is 1. The maximum Gasteiger partial charge on any atom is 0.151 e. The van der Waals surface area contributed by atoms with E-state index in [-0.39, 0.29) is 18.1 Å². The summed E-state index contributed by atoms with van der Waals surface area (Å²) in [5.74, 6) is 0.435. The van der Waals surface area contributed by atoms with Crippen LogP contribution >= 0.6 is 0 Å². The Kier molecular flexibility index (Phi) is 6.44. The Hall–Kier alpha value is -0.130. The van der Waals surface area contributed by atoms with Gasteiger partial charge in [-0.1, -0.05) is 26.2 Å². The number of hydrogen-bond donors (Lipinski definition) is 1. The minimum atomic E-state index is -2.89. The smallest absolute Gasteiger partial charge is 0.151 e. The summed E-state index contributed by atoms with van der Waals surface area (Å²) in [7, 11) is -2.89. The molecule has 0 unspecified atom stereocenters. The van der Waals surface area contributed by atoms with Crippen molar-refractivity contribution in [1.29, 1.82) is 0 Å². The van der Waals surface area contributed by atoms with Crippen LogP contribution in [0.2, 0.25) is 0 Å². The van der Waals surface area contributed by atoms with Crippen molar-refractivity contribution in [1.82, 2.24) is 4.90 Å². The predicted octanol–water partition coefficient (Wildman–Crippen LogP) is 1.05. The van der Waals surface area contributed by atoms with Gasteiger partial charge in [-0.3, -0.25) is 4.90 Å². The molecule has 0 aliphatic heterocycles. The molecule has 1 aliphatic carbocycles. The lowest BCUT2D eigenvalue weighted by Gasteiger charge is -2.33. The van der Waals surface area contributed by atoms with Crippen molar-refractivity contribution in [3.8, 4) is 0 Å². The molecule has 0 saturated heterocycles. The fourth-order valence-corrected chi connectivity index (χ4v) is 3.25. The predicted molar refractivity (Wildman–Crippen MR) is 69.9 cm³/mol. The highest BCUT2D eigenvalue weighted by molar-refractivity contribution is 7.91. The first-order chi connectivity index (χ1) is 8.09. The number of aliphatic hydroxyl groups excluding tert-OH is 1. The van der Waals surface area contributed by atoms with Crippen LogP contribution in [0.5, 0.6) is 0 Å². The lowest BCUT2D eigenvalue weighted by Crippen LogP contribution is -2.41. The van der Waals surface area contributed by atoms with Gasteiger partial charge in [0.25, 0.3) is 0 Å². The fourth-order valence-electron chi connectivity index (χ4n) is 2.45. The highest BCUT2D eigenvalue weighted by Crippen LogP contribution is 2.22. The third kappa shape index (κ3) is 5.36. The Morgan fingerprint density at radius 3 is 2.35 bits per heavy atom. The quantitative estimate of drug-likeness (QED) is 0.746. The average molecular weight is 263 g/mol. The number of hydrogen-bond acceptors (Lipinski definition) is 4. The summed E-state index contributed by atoms with van der Waals surface area (Å²) >= 11 is 0. The lowest BCUT2D eigenvalue weighted by molar-refractivity contribution is 0.131. The van der Waals surface area contributed by atoms with E-state index in [2.05, 4.69) is 4.90 Å². The van der Waals surface area contributed by atoms with Crippen molar-refractivity contribution in [3.05, 3.63) is 0 Å².